The predicted octanol–water partition coefficient (Wildman–Crippen LogP) is 8.35. The van der Waals surface area contributed by atoms with E-state index in [2.05, 4.69) is 104 Å². The van der Waals surface area contributed by atoms with Crippen molar-refractivity contribution in [3.05, 3.63) is 137 Å². The molecule has 8 rings (SSSR count). The van der Waals surface area contributed by atoms with Crippen LogP contribution in [0.1, 0.15) is 27.8 Å². The number of rotatable bonds is 0. The Morgan fingerprint density at radius 3 is 1.75 bits per heavy atom. The van der Waals surface area contributed by atoms with Crippen molar-refractivity contribution in [2.24, 2.45) is 0 Å². The standard InChI is InChI=1S/C34H23NO/c1-20-10-14-24-21(18-20)11-16-30-32(24)36-33-25-15-13-23(35)19-22(25)12-17-31(33)34(30)28-8-4-2-6-26(28)27-7-3-5-9-29(27)34/h2-19H,35H2,1H3. The molecule has 6 aromatic carbocycles. The van der Waals surface area contributed by atoms with Gasteiger partial charge >= 0.3 is 0 Å². The third-order valence-corrected chi connectivity index (χ3v) is 8.08. The molecule has 0 amide bonds. The Balaban J connectivity index is 1.61. The van der Waals surface area contributed by atoms with Gasteiger partial charge in [-0.3, -0.25) is 0 Å². The molecule has 2 heteroatoms. The molecule has 0 unspecified atom stereocenters. The Bertz CT molecular complexity index is 1760. The third kappa shape index (κ3) is 2.31. The van der Waals surface area contributed by atoms with Gasteiger partial charge in [0.15, 0.2) is 0 Å². The second-order valence-corrected chi connectivity index (χ2v) is 10.0. The van der Waals surface area contributed by atoms with E-state index in [1.807, 2.05) is 12.1 Å². The molecule has 6 aromatic rings. The fraction of sp³-hybridized carbons (Fsp3) is 0.0588. The summed E-state index contributed by atoms with van der Waals surface area (Å²) in [6, 6.07) is 39.4. The lowest BCUT2D eigenvalue weighted by Gasteiger charge is -2.40. The van der Waals surface area contributed by atoms with E-state index in [4.69, 9.17) is 10.5 Å². The van der Waals surface area contributed by atoms with Gasteiger partial charge in [0, 0.05) is 27.6 Å². The minimum Gasteiger partial charge on any atom is -0.455 e. The lowest BCUT2D eigenvalue weighted by Crippen LogP contribution is -2.32. The van der Waals surface area contributed by atoms with Gasteiger partial charge in [-0.1, -0.05) is 96.6 Å². The molecule has 0 atom stereocenters. The monoisotopic (exact) mass is 461 g/mol. The van der Waals surface area contributed by atoms with Crippen molar-refractivity contribution in [3.63, 3.8) is 0 Å². The Hall–Kier alpha value is -4.56. The van der Waals surface area contributed by atoms with Crippen LogP contribution in [0, 0.1) is 6.92 Å². The topological polar surface area (TPSA) is 35.2 Å². The first-order valence-corrected chi connectivity index (χ1v) is 12.4. The molecule has 2 N–H and O–H groups in total. The van der Waals surface area contributed by atoms with Crippen molar-refractivity contribution in [3.8, 4) is 22.6 Å². The second kappa shape index (κ2) is 6.77. The quantitative estimate of drug-likeness (QED) is 0.230. The Morgan fingerprint density at radius 2 is 1.11 bits per heavy atom. The minimum atomic E-state index is -0.468. The van der Waals surface area contributed by atoms with Gasteiger partial charge in [-0.25, -0.2) is 0 Å². The molecule has 1 heterocycles. The van der Waals surface area contributed by atoms with Crippen molar-refractivity contribution < 1.29 is 4.74 Å². The Labute approximate surface area is 209 Å². The van der Waals surface area contributed by atoms with Crippen LogP contribution in [-0.4, -0.2) is 0 Å². The van der Waals surface area contributed by atoms with Crippen molar-refractivity contribution in [2.45, 2.75) is 12.3 Å². The lowest BCUT2D eigenvalue weighted by atomic mass is 9.65. The summed E-state index contributed by atoms with van der Waals surface area (Å²) in [5.41, 5.74) is 15.2. The smallest absolute Gasteiger partial charge is 0.140 e. The first-order valence-electron chi connectivity index (χ1n) is 12.4. The number of aryl methyl sites for hydroxylation is 1. The lowest BCUT2D eigenvalue weighted by molar-refractivity contribution is 0.447. The zero-order valence-corrected chi connectivity index (χ0v) is 19.9. The van der Waals surface area contributed by atoms with E-state index in [0.29, 0.717) is 0 Å². The molecule has 0 aromatic heterocycles. The maximum absolute atomic E-state index is 6.96. The number of anilines is 1. The van der Waals surface area contributed by atoms with E-state index in [1.54, 1.807) is 0 Å². The summed E-state index contributed by atoms with van der Waals surface area (Å²) < 4.78 is 6.96. The molecule has 36 heavy (non-hydrogen) atoms. The van der Waals surface area contributed by atoms with Crippen LogP contribution in [0.15, 0.2) is 109 Å². The van der Waals surface area contributed by atoms with Gasteiger partial charge in [0.05, 0.1) is 5.41 Å². The van der Waals surface area contributed by atoms with E-state index in [0.717, 1.165) is 33.3 Å². The minimum absolute atomic E-state index is 0.468. The zero-order valence-electron chi connectivity index (χ0n) is 19.9. The van der Waals surface area contributed by atoms with Gasteiger partial charge in [0.1, 0.15) is 11.5 Å². The molecule has 170 valence electrons. The van der Waals surface area contributed by atoms with E-state index in [9.17, 15) is 0 Å². The maximum Gasteiger partial charge on any atom is 0.140 e. The van der Waals surface area contributed by atoms with Gasteiger partial charge in [0.25, 0.3) is 0 Å². The SMILES string of the molecule is Cc1ccc2c3c(ccc2c1)C1(c2ccccc2-c2ccccc21)c1ccc2cc(N)ccc2c1O3. The fourth-order valence-electron chi connectivity index (χ4n) is 6.61. The third-order valence-electron chi connectivity index (χ3n) is 8.08. The fourth-order valence-corrected chi connectivity index (χ4v) is 6.61. The summed E-state index contributed by atoms with van der Waals surface area (Å²) in [4.78, 5) is 0. The van der Waals surface area contributed by atoms with Crippen molar-refractivity contribution in [1.29, 1.82) is 0 Å². The van der Waals surface area contributed by atoms with Crippen LogP contribution < -0.4 is 10.5 Å². The molecular formula is C34H23NO. The van der Waals surface area contributed by atoms with E-state index < -0.39 is 5.41 Å². The summed E-state index contributed by atoms with van der Waals surface area (Å²) in [5, 5.41) is 4.49. The summed E-state index contributed by atoms with van der Waals surface area (Å²) >= 11 is 0. The molecule has 0 saturated heterocycles. The number of hydrogen-bond donors (Lipinski definition) is 1. The normalized spacial score (nSPS) is 14.2. The number of nitrogen functional groups attached to an aromatic ring is 1. The molecule has 2 nitrogen and oxygen atoms in total. The van der Waals surface area contributed by atoms with Crippen LogP contribution in [-0.2, 0) is 5.41 Å². The first kappa shape index (κ1) is 19.7. The molecule has 1 spiro atoms. The summed E-state index contributed by atoms with van der Waals surface area (Å²) in [7, 11) is 0. The summed E-state index contributed by atoms with van der Waals surface area (Å²) in [6.45, 7) is 2.14. The predicted molar refractivity (Wildman–Crippen MR) is 148 cm³/mol. The van der Waals surface area contributed by atoms with Crippen LogP contribution in [0.25, 0.3) is 32.7 Å². The summed E-state index contributed by atoms with van der Waals surface area (Å²) in [6.07, 6.45) is 0. The van der Waals surface area contributed by atoms with Gasteiger partial charge in [0.2, 0.25) is 0 Å². The van der Waals surface area contributed by atoms with Gasteiger partial charge in [-0.2, -0.15) is 0 Å². The number of benzene rings is 6. The number of hydrogen-bond acceptors (Lipinski definition) is 2. The van der Waals surface area contributed by atoms with Crippen molar-refractivity contribution in [2.75, 3.05) is 5.73 Å². The number of ether oxygens (including phenoxy) is 1. The maximum atomic E-state index is 6.96. The molecule has 0 saturated carbocycles. The van der Waals surface area contributed by atoms with E-state index >= 15 is 0 Å². The highest BCUT2D eigenvalue weighted by Crippen LogP contribution is 2.63. The average molecular weight is 462 g/mol. The second-order valence-electron chi connectivity index (χ2n) is 10.0. The molecule has 1 aliphatic carbocycles. The molecule has 1 aliphatic heterocycles. The molecule has 2 aliphatic rings. The van der Waals surface area contributed by atoms with Crippen LogP contribution in [0.5, 0.6) is 11.5 Å². The largest absolute Gasteiger partial charge is 0.455 e. The van der Waals surface area contributed by atoms with Crippen LogP contribution >= 0.6 is 0 Å². The molecular weight excluding hydrogens is 438 g/mol. The number of nitrogens with two attached hydrogens (primary N) is 1. The highest BCUT2D eigenvalue weighted by atomic mass is 16.5. The zero-order chi connectivity index (χ0) is 24.0. The Kier molecular flexibility index (Phi) is 3.71. The highest BCUT2D eigenvalue weighted by molar-refractivity contribution is 6.00. The highest BCUT2D eigenvalue weighted by Gasteiger charge is 2.51. The molecule has 0 radical (unpaired) electrons. The average Bonchev–Trinajstić information content (AvgIpc) is 3.19. The van der Waals surface area contributed by atoms with Crippen LogP contribution in [0.2, 0.25) is 0 Å². The van der Waals surface area contributed by atoms with E-state index in [-0.39, 0.29) is 0 Å². The van der Waals surface area contributed by atoms with E-state index in [1.165, 1.54) is 44.3 Å². The van der Waals surface area contributed by atoms with Crippen LogP contribution in [0.3, 0.4) is 0 Å². The molecule has 0 bridgehead atoms. The van der Waals surface area contributed by atoms with Crippen LogP contribution in [0.4, 0.5) is 5.69 Å². The first-order chi connectivity index (χ1) is 17.7. The Morgan fingerprint density at radius 1 is 0.556 bits per heavy atom. The van der Waals surface area contributed by atoms with Gasteiger partial charge in [-0.05, 0) is 58.1 Å². The van der Waals surface area contributed by atoms with Crippen molar-refractivity contribution in [1.82, 2.24) is 0 Å². The van der Waals surface area contributed by atoms with Crippen molar-refractivity contribution >= 4 is 27.2 Å². The van der Waals surface area contributed by atoms with Gasteiger partial charge in [-0.15, -0.1) is 0 Å². The van der Waals surface area contributed by atoms with Gasteiger partial charge < -0.3 is 10.5 Å². The molecule has 0 fully saturated rings. The number of fused-ring (bicyclic) bond motifs is 13. The summed E-state index contributed by atoms with van der Waals surface area (Å²) in [5.74, 6) is 1.86.